The molecule has 0 aromatic carbocycles. The molecule has 1 fully saturated rings. The van der Waals surface area contributed by atoms with Crippen LogP contribution in [0, 0.1) is 17.2 Å². The maximum atomic E-state index is 7.57. The van der Waals surface area contributed by atoms with Gasteiger partial charge in [0.1, 0.15) is 0 Å². The van der Waals surface area contributed by atoms with E-state index < -0.39 is 0 Å². The van der Waals surface area contributed by atoms with E-state index in [1.165, 1.54) is 45.2 Å². The lowest BCUT2D eigenvalue weighted by molar-refractivity contribution is 0.168. The molecule has 0 radical (unpaired) electrons. The number of likely N-dealkylation sites (tertiary alicyclic amines) is 1. The van der Waals surface area contributed by atoms with Gasteiger partial charge in [-0.15, -0.1) is 0 Å². The Bertz CT molecular complexity index is 228. The smallest absolute Gasteiger partial charge is 0.0949 e. The Hall–Kier alpha value is -0.570. The lowest BCUT2D eigenvalue weighted by Gasteiger charge is -2.34. The fourth-order valence-electron chi connectivity index (χ4n) is 2.76. The van der Waals surface area contributed by atoms with Gasteiger partial charge < -0.3 is 10.6 Å². The van der Waals surface area contributed by atoms with Crippen molar-refractivity contribution in [3.05, 3.63) is 0 Å². The van der Waals surface area contributed by atoms with Crippen LogP contribution in [0.1, 0.15) is 52.4 Å². The van der Waals surface area contributed by atoms with Crippen LogP contribution >= 0.6 is 0 Å². The zero-order valence-corrected chi connectivity index (χ0v) is 11.5. The van der Waals surface area contributed by atoms with E-state index in [1.54, 1.807) is 0 Å². The number of nitrogens with one attached hydrogen (secondary N) is 1. The Morgan fingerprint density at radius 1 is 1.47 bits per heavy atom. The van der Waals surface area contributed by atoms with Crippen molar-refractivity contribution >= 4 is 5.84 Å². The standard InChI is InChI=1S/C14H29N3/c1-3-5-7-12(4-2)10-17-9-6-8-13(11-17)14(15)16/h12-13H,3-11H2,1-2H3,(H3,15,16). The molecule has 2 atom stereocenters. The molecule has 0 amide bonds. The summed E-state index contributed by atoms with van der Waals surface area (Å²) in [5, 5.41) is 7.57. The molecule has 17 heavy (non-hydrogen) atoms. The maximum Gasteiger partial charge on any atom is 0.0949 e. The van der Waals surface area contributed by atoms with Crippen molar-refractivity contribution in [3.8, 4) is 0 Å². The monoisotopic (exact) mass is 239 g/mol. The Kier molecular flexibility index (Phi) is 6.56. The number of hydrogen-bond donors (Lipinski definition) is 2. The zero-order chi connectivity index (χ0) is 12.7. The van der Waals surface area contributed by atoms with Gasteiger partial charge in [0.25, 0.3) is 0 Å². The van der Waals surface area contributed by atoms with E-state index in [-0.39, 0.29) is 0 Å². The third-order valence-corrected chi connectivity index (χ3v) is 4.01. The molecule has 0 aliphatic carbocycles. The molecule has 0 saturated carbocycles. The number of rotatable bonds is 7. The second kappa shape index (κ2) is 7.70. The van der Waals surface area contributed by atoms with E-state index in [0.717, 1.165) is 18.9 Å². The number of unbranched alkanes of at least 4 members (excludes halogenated alkanes) is 1. The summed E-state index contributed by atoms with van der Waals surface area (Å²) >= 11 is 0. The molecule has 0 aromatic heterocycles. The molecule has 1 saturated heterocycles. The first kappa shape index (κ1) is 14.5. The molecule has 2 unspecified atom stereocenters. The van der Waals surface area contributed by atoms with Crippen LogP contribution in [-0.4, -0.2) is 30.4 Å². The average Bonchev–Trinajstić information content (AvgIpc) is 2.34. The lowest BCUT2D eigenvalue weighted by atomic mass is 9.94. The van der Waals surface area contributed by atoms with Crippen molar-refractivity contribution in [2.75, 3.05) is 19.6 Å². The summed E-state index contributed by atoms with van der Waals surface area (Å²) in [7, 11) is 0. The van der Waals surface area contributed by atoms with Crippen LogP contribution in [0.25, 0.3) is 0 Å². The SMILES string of the molecule is CCCCC(CC)CN1CCCC(C(=N)N)C1. The van der Waals surface area contributed by atoms with E-state index in [1.807, 2.05) is 0 Å². The molecule has 3 N–H and O–H groups in total. The molecule has 1 aliphatic heterocycles. The van der Waals surface area contributed by atoms with Crippen molar-refractivity contribution in [2.24, 2.45) is 17.6 Å². The quantitative estimate of drug-likeness (QED) is 0.530. The second-order valence-electron chi connectivity index (χ2n) is 5.47. The highest BCUT2D eigenvalue weighted by Gasteiger charge is 2.23. The molecule has 0 spiro atoms. The van der Waals surface area contributed by atoms with E-state index >= 15 is 0 Å². The summed E-state index contributed by atoms with van der Waals surface area (Å²) in [5.41, 5.74) is 5.63. The summed E-state index contributed by atoms with van der Waals surface area (Å²) in [6.45, 7) is 7.98. The number of piperidine rings is 1. The van der Waals surface area contributed by atoms with Crippen molar-refractivity contribution in [3.63, 3.8) is 0 Å². The molecular formula is C14H29N3. The van der Waals surface area contributed by atoms with E-state index in [9.17, 15) is 0 Å². The van der Waals surface area contributed by atoms with Gasteiger partial charge in [-0.3, -0.25) is 5.41 Å². The average molecular weight is 239 g/mol. The van der Waals surface area contributed by atoms with E-state index in [2.05, 4.69) is 18.7 Å². The minimum Gasteiger partial charge on any atom is -0.387 e. The fourth-order valence-corrected chi connectivity index (χ4v) is 2.76. The number of hydrogen-bond acceptors (Lipinski definition) is 2. The topological polar surface area (TPSA) is 53.1 Å². The Morgan fingerprint density at radius 3 is 2.82 bits per heavy atom. The summed E-state index contributed by atoms with van der Waals surface area (Å²) in [4.78, 5) is 2.53. The first-order chi connectivity index (χ1) is 8.17. The van der Waals surface area contributed by atoms with Gasteiger partial charge in [0.05, 0.1) is 5.84 Å². The van der Waals surface area contributed by atoms with Crippen LogP contribution < -0.4 is 5.73 Å². The van der Waals surface area contributed by atoms with Crippen molar-refractivity contribution < 1.29 is 0 Å². The predicted molar refractivity (Wildman–Crippen MR) is 74.4 cm³/mol. The minimum absolute atomic E-state index is 0.312. The number of amidine groups is 1. The van der Waals surface area contributed by atoms with Crippen molar-refractivity contribution in [1.82, 2.24) is 4.90 Å². The van der Waals surface area contributed by atoms with Crippen LogP contribution in [0.5, 0.6) is 0 Å². The van der Waals surface area contributed by atoms with Crippen LogP contribution in [-0.2, 0) is 0 Å². The fraction of sp³-hybridized carbons (Fsp3) is 0.929. The molecular weight excluding hydrogens is 210 g/mol. The third kappa shape index (κ3) is 5.07. The molecule has 0 aromatic rings. The van der Waals surface area contributed by atoms with Crippen LogP contribution in [0.2, 0.25) is 0 Å². The van der Waals surface area contributed by atoms with Gasteiger partial charge in [0, 0.05) is 19.0 Å². The summed E-state index contributed by atoms with van der Waals surface area (Å²) in [6.07, 6.45) is 7.59. The molecule has 3 heteroatoms. The molecule has 1 aliphatic rings. The zero-order valence-electron chi connectivity index (χ0n) is 11.5. The lowest BCUT2D eigenvalue weighted by Crippen LogP contribution is -2.42. The molecule has 1 heterocycles. The molecule has 0 bridgehead atoms. The second-order valence-corrected chi connectivity index (χ2v) is 5.47. The van der Waals surface area contributed by atoms with E-state index in [4.69, 9.17) is 11.1 Å². The predicted octanol–water partition coefficient (Wildman–Crippen LogP) is 2.85. The van der Waals surface area contributed by atoms with Crippen LogP contribution in [0.3, 0.4) is 0 Å². The highest BCUT2D eigenvalue weighted by molar-refractivity contribution is 5.79. The summed E-state index contributed by atoms with van der Waals surface area (Å²) in [6, 6.07) is 0. The Labute approximate surface area is 106 Å². The highest BCUT2D eigenvalue weighted by Crippen LogP contribution is 2.20. The maximum absolute atomic E-state index is 7.57. The molecule has 3 nitrogen and oxygen atoms in total. The van der Waals surface area contributed by atoms with Gasteiger partial charge in [-0.2, -0.15) is 0 Å². The largest absolute Gasteiger partial charge is 0.387 e. The van der Waals surface area contributed by atoms with Gasteiger partial charge in [0.15, 0.2) is 0 Å². The van der Waals surface area contributed by atoms with E-state index in [0.29, 0.717) is 11.8 Å². The Morgan fingerprint density at radius 2 is 2.24 bits per heavy atom. The van der Waals surface area contributed by atoms with Crippen molar-refractivity contribution in [1.29, 1.82) is 5.41 Å². The van der Waals surface area contributed by atoms with Gasteiger partial charge in [0.2, 0.25) is 0 Å². The molecule has 100 valence electrons. The third-order valence-electron chi connectivity index (χ3n) is 4.01. The first-order valence-electron chi connectivity index (χ1n) is 7.23. The Balaban J connectivity index is 2.35. The first-order valence-corrected chi connectivity index (χ1v) is 7.23. The van der Waals surface area contributed by atoms with Gasteiger partial charge in [-0.05, 0) is 31.7 Å². The van der Waals surface area contributed by atoms with Gasteiger partial charge >= 0.3 is 0 Å². The van der Waals surface area contributed by atoms with Gasteiger partial charge in [-0.1, -0.05) is 33.1 Å². The number of nitrogens with zero attached hydrogens (tertiary/aromatic N) is 1. The summed E-state index contributed by atoms with van der Waals surface area (Å²) in [5.74, 6) is 1.53. The van der Waals surface area contributed by atoms with Crippen LogP contribution in [0.15, 0.2) is 0 Å². The normalized spacial score (nSPS) is 23.5. The van der Waals surface area contributed by atoms with Crippen LogP contribution in [0.4, 0.5) is 0 Å². The minimum atomic E-state index is 0.312. The van der Waals surface area contributed by atoms with Gasteiger partial charge in [-0.25, -0.2) is 0 Å². The molecule has 1 rings (SSSR count). The number of nitrogens with two attached hydrogens (primary N) is 1. The summed E-state index contributed by atoms with van der Waals surface area (Å²) < 4.78 is 0. The highest BCUT2D eigenvalue weighted by atomic mass is 15.1. The van der Waals surface area contributed by atoms with Crippen molar-refractivity contribution in [2.45, 2.75) is 52.4 Å².